The number of aromatic nitrogens is 3. The number of hydrogen-bond acceptors (Lipinski definition) is 6. The summed E-state index contributed by atoms with van der Waals surface area (Å²) in [6.07, 6.45) is 6.20. The van der Waals surface area contributed by atoms with Crippen molar-refractivity contribution in [3.63, 3.8) is 0 Å². The van der Waals surface area contributed by atoms with Crippen LogP contribution in [0.25, 0.3) is 10.2 Å². The molecular weight excluding hydrogens is 492 g/mol. The Balaban J connectivity index is 1.46. The van der Waals surface area contributed by atoms with Gasteiger partial charge in [0, 0.05) is 30.0 Å². The number of aryl methyl sites for hydroxylation is 1. The van der Waals surface area contributed by atoms with Gasteiger partial charge in [0.15, 0.2) is 11.7 Å². The van der Waals surface area contributed by atoms with Gasteiger partial charge in [0.25, 0.3) is 5.91 Å². The molecule has 2 aromatic heterocycles. The first kappa shape index (κ1) is 22.3. The van der Waals surface area contributed by atoms with E-state index < -0.39 is 0 Å². The molecule has 0 bridgehead atoms. The first-order chi connectivity index (χ1) is 15.6. The molecule has 0 aliphatic carbocycles. The summed E-state index contributed by atoms with van der Waals surface area (Å²) in [5, 5.41) is 0.670. The van der Waals surface area contributed by atoms with Crippen LogP contribution in [0.15, 0.2) is 65.7 Å². The Morgan fingerprint density at radius 3 is 2.66 bits per heavy atom. The lowest BCUT2D eigenvalue weighted by atomic mass is 10.3. The van der Waals surface area contributed by atoms with Crippen LogP contribution in [0.2, 0.25) is 0 Å². The molecule has 0 N–H and O–H groups in total. The van der Waals surface area contributed by atoms with Crippen molar-refractivity contribution in [3.8, 4) is 11.5 Å². The van der Waals surface area contributed by atoms with E-state index in [1.54, 1.807) is 29.6 Å². The molecular formula is C23H23BrN4O3S. The average Bonchev–Trinajstić information content (AvgIpc) is 3.45. The molecule has 7 nitrogen and oxygen atoms in total. The highest BCUT2D eigenvalue weighted by Gasteiger charge is 2.20. The van der Waals surface area contributed by atoms with Crippen molar-refractivity contribution >= 4 is 48.5 Å². The zero-order chi connectivity index (χ0) is 22.3. The van der Waals surface area contributed by atoms with Gasteiger partial charge >= 0.3 is 0 Å². The largest absolute Gasteiger partial charge is 0.494 e. The molecule has 166 valence electrons. The summed E-state index contributed by atoms with van der Waals surface area (Å²) in [5.74, 6) is 1.25. The van der Waals surface area contributed by atoms with Crippen molar-refractivity contribution in [1.29, 1.82) is 0 Å². The molecule has 0 saturated carbocycles. The second-order valence-corrected chi connectivity index (χ2v) is 8.93. The van der Waals surface area contributed by atoms with Gasteiger partial charge in [-0.05, 0) is 55.8 Å². The van der Waals surface area contributed by atoms with E-state index in [0.29, 0.717) is 24.0 Å². The molecule has 0 saturated heterocycles. The van der Waals surface area contributed by atoms with Gasteiger partial charge in [0.2, 0.25) is 0 Å². The molecule has 32 heavy (non-hydrogen) atoms. The second-order valence-electron chi connectivity index (χ2n) is 7.00. The first-order valence-corrected chi connectivity index (χ1v) is 11.9. The molecule has 2 aromatic carbocycles. The lowest BCUT2D eigenvalue weighted by molar-refractivity contribution is -0.120. The van der Waals surface area contributed by atoms with Crippen molar-refractivity contribution in [2.45, 2.75) is 19.9 Å². The number of carbonyl (C=O) groups is 1. The van der Waals surface area contributed by atoms with Crippen molar-refractivity contribution in [2.75, 3.05) is 24.7 Å². The van der Waals surface area contributed by atoms with E-state index in [1.807, 2.05) is 48.0 Å². The van der Waals surface area contributed by atoms with Crippen molar-refractivity contribution in [1.82, 2.24) is 14.5 Å². The Hall–Kier alpha value is -2.91. The summed E-state index contributed by atoms with van der Waals surface area (Å²) < 4.78 is 15.2. The number of ether oxygens (including phenoxy) is 2. The van der Waals surface area contributed by atoms with Crippen molar-refractivity contribution < 1.29 is 14.3 Å². The van der Waals surface area contributed by atoms with Crippen LogP contribution < -0.4 is 14.4 Å². The zero-order valence-electron chi connectivity index (χ0n) is 17.6. The van der Waals surface area contributed by atoms with Crippen LogP contribution in [-0.4, -0.2) is 40.2 Å². The topological polar surface area (TPSA) is 69.5 Å². The zero-order valence-corrected chi connectivity index (χ0v) is 20.0. The minimum Gasteiger partial charge on any atom is -0.494 e. The number of halogens is 1. The Bertz CT molecular complexity index is 1160. The molecule has 0 radical (unpaired) electrons. The Morgan fingerprint density at radius 2 is 1.94 bits per heavy atom. The van der Waals surface area contributed by atoms with Crippen LogP contribution in [0, 0.1) is 0 Å². The summed E-state index contributed by atoms with van der Waals surface area (Å²) in [6.45, 7) is 3.76. The minimum atomic E-state index is -0.136. The SMILES string of the molecule is CCOc1ccc(OCC(=O)N(CCCn2ccnc2)c2nc3ccc(Br)cc3s2)cc1. The van der Waals surface area contributed by atoms with Crippen molar-refractivity contribution in [3.05, 3.63) is 65.7 Å². The minimum absolute atomic E-state index is 0.0708. The van der Waals surface area contributed by atoms with Gasteiger partial charge in [0.1, 0.15) is 11.5 Å². The predicted octanol–water partition coefficient (Wildman–Crippen LogP) is 5.16. The maximum absolute atomic E-state index is 13.1. The van der Waals surface area contributed by atoms with E-state index in [0.717, 1.165) is 33.4 Å². The molecule has 4 aromatic rings. The molecule has 2 heterocycles. The lowest BCUT2D eigenvalue weighted by Gasteiger charge is -2.20. The fraction of sp³-hybridized carbons (Fsp3) is 0.261. The normalized spacial score (nSPS) is 10.9. The Kier molecular flexibility index (Phi) is 7.39. The van der Waals surface area contributed by atoms with E-state index in [1.165, 1.54) is 11.3 Å². The number of rotatable bonds is 10. The van der Waals surface area contributed by atoms with E-state index in [2.05, 4.69) is 25.9 Å². The second kappa shape index (κ2) is 10.6. The summed E-state index contributed by atoms with van der Waals surface area (Å²) in [6, 6.07) is 13.2. The summed E-state index contributed by atoms with van der Waals surface area (Å²) in [7, 11) is 0. The average molecular weight is 515 g/mol. The molecule has 0 spiro atoms. The third kappa shape index (κ3) is 5.66. The molecule has 0 fully saturated rings. The molecule has 0 aliphatic heterocycles. The number of carbonyl (C=O) groups excluding carboxylic acids is 1. The van der Waals surface area contributed by atoms with Crippen LogP contribution in [0.4, 0.5) is 5.13 Å². The van der Waals surface area contributed by atoms with E-state index in [9.17, 15) is 4.79 Å². The smallest absolute Gasteiger partial charge is 0.266 e. The molecule has 0 aliphatic rings. The maximum atomic E-state index is 13.1. The van der Waals surface area contributed by atoms with Gasteiger partial charge < -0.3 is 14.0 Å². The van der Waals surface area contributed by atoms with Crippen LogP contribution in [-0.2, 0) is 11.3 Å². The Labute approximate surface area is 198 Å². The fourth-order valence-electron chi connectivity index (χ4n) is 3.18. The lowest BCUT2D eigenvalue weighted by Crippen LogP contribution is -2.36. The summed E-state index contributed by atoms with van der Waals surface area (Å²) in [5.41, 5.74) is 0.869. The molecule has 0 atom stereocenters. The van der Waals surface area contributed by atoms with Gasteiger partial charge in [0.05, 0.1) is 23.2 Å². The summed E-state index contributed by atoms with van der Waals surface area (Å²) >= 11 is 5.00. The van der Waals surface area contributed by atoms with Gasteiger partial charge in [-0.25, -0.2) is 9.97 Å². The van der Waals surface area contributed by atoms with Gasteiger partial charge in [-0.15, -0.1) is 0 Å². The third-order valence-corrected chi connectivity index (χ3v) is 6.26. The maximum Gasteiger partial charge on any atom is 0.266 e. The highest BCUT2D eigenvalue weighted by molar-refractivity contribution is 9.10. The number of nitrogens with zero attached hydrogens (tertiary/aromatic N) is 4. The number of anilines is 1. The molecule has 0 unspecified atom stereocenters. The van der Waals surface area contributed by atoms with Gasteiger partial charge in [-0.1, -0.05) is 27.3 Å². The van der Waals surface area contributed by atoms with Gasteiger partial charge in [-0.2, -0.15) is 0 Å². The molecule has 9 heteroatoms. The van der Waals surface area contributed by atoms with Gasteiger partial charge in [-0.3, -0.25) is 9.69 Å². The quantitative estimate of drug-likeness (QED) is 0.292. The number of imidazole rings is 1. The standard InChI is InChI=1S/C23H23BrN4O3S/c1-2-30-18-5-7-19(8-6-18)31-15-22(29)28(12-3-11-27-13-10-25-16-27)23-26-20-9-4-17(24)14-21(20)32-23/h4-10,13-14,16H,2-3,11-12,15H2,1H3. The van der Waals surface area contributed by atoms with Crippen LogP contribution in [0.5, 0.6) is 11.5 Å². The van der Waals surface area contributed by atoms with E-state index in [4.69, 9.17) is 9.47 Å². The predicted molar refractivity (Wildman–Crippen MR) is 130 cm³/mol. The third-order valence-electron chi connectivity index (χ3n) is 4.73. The van der Waals surface area contributed by atoms with E-state index in [-0.39, 0.29) is 12.5 Å². The fourth-order valence-corrected chi connectivity index (χ4v) is 4.74. The number of amides is 1. The summed E-state index contributed by atoms with van der Waals surface area (Å²) in [4.78, 5) is 23.6. The monoisotopic (exact) mass is 514 g/mol. The number of fused-ring (bicyclic) bond motifs is 1. The number of hydrogen-bond donors (Lipinski definition) is 0. The van der Waals surface area contributed by atoms with Crippen LogP contribution in [0.1, 0.15) is 13.3 Å². The number of thiazole rings is 1. The highest BCUT2D eigenvalue weighted by Crippen LogP contribution is 2.31. The Morgan fingerprint density at radius 1 is 1.16 bits per heavy atom. The van der Waals surface area contributed by atoms with Crippen molar-refractivity contribution in [2.24, 2.45) is 0 Å². The molecule has 1 amide bonds. The highest BCUT2D eigenvalue weighted by atomic mass is 79.9. The van der Waals surface area contributed by atoms with Crippen LogP contribution >= 0.6 is 27.3 Å². The molecule has 4 rings (SSSR count). The van der Waals surface area contributed by atoms with Crippen LogP contribution in [0.3, 0.4) is 0 Å². The number of benzene rings is 2. The van der Waals surface area contributed by atoms with E-state index >= 15 is 0 Å². The first-order valence-electron chi connectivity index (χ1n) is 10.3.